The zero-order valence-corrected chi connectivity index (χ0v) is 19.4. The van der Waals surface area contributed by atoms with Crippen molar-refractivity contribution >= 4 is 23.7 Å². The Bertz CT molecular complexity index is 1150. The molecule has 0 bridgehead atoms. The van der Waals surface area contributed by atoms with E-state index in [9.17, 15) is 26.3 Å². The Kier molecular flexibility index (Phi) is 7.83. The van der Waals surface area contributed by atoms with Gasteiger partial charge in [-0.2, -0.15) is 0 Å². The van der Waals surface area contributed by atoms with E-state index in [2.05, 4.69) is 21.4 Å². The lowest BCUT2D eigenvalue weighted by molar-refractivity contribution is -0.0104. The Balaban J connectivity index is 0.00000108. The van der Waals surface area contributed by atoms with Gasteiger partial charge in [0.05, 0.1) is 30.4 Å². The van der Waals surface area contributed by atoms with Crippen LogP contribution in [0.2, 0.25) is 0 Å². The lowest BCUT2D eigenvalue weighted by atomic mass is 9.90. The summed E-state index contributed by atoms with van der Waals surface area (Å²) in [4.78, 5) is 19.4. The van der Waals surface area contributed by atoms with Gasteiger partial charge in [0.2, 0.25) is 0 Å². The van der Waals surface area contributed by atoms with Crippen LogP contribution >= 0.6 is 11.9 Å². The van der Waals surface area contributed by atoms with E-state index in [1.54, 1.807) is 6.26 Å². The number of oxime groups is 1. The number of likely N-dealkylation sites (tertiary alicyclic amines) is 1. The number of carbonyl (C=O) groups excluding carboxylic acids is 1. The van der Waals surface area contributed by atoms with Crippen LogP contribution in [0.15, 0.2) is 36.1 Å². The molecule has 2 aliphatic rings. The van der Waals surface area contributed by atoms with Crippen LogP contribution in [0.4, 0.5) is 26.3 Å². The average molecular weight is 518 g/mol. The molecule has 188 valence electrons. The number of aromatic nitrogens is 1. The molecule has 1 aromatic heterocycles. The van der Waals surface area contributed by atoms with Crippen molar-refractivity contribution in [2.45, 2.75) is 30.9 Å². The highest BCUT2D eigenvalue weighted by molar-refractivity contribution is 7.96. The van der Waals surface area contributed by atoms with E-state index in [0.29, 0.717) is 12.1 Å². The Hall–Kier alpha value is -3.02. The molecule has 4 rings (SSSR count). The first-order valence-electron chi connectivity index (χ1n) is 10.1. The van der Waals surface area contributed by atoms with Gasteiger partial charge >= 0.3 is 0 Å². The Morgan fingerprint density at radius 1 is 1.20 bits per heavy atom. The normalized spacial score (nSPS) is 22.7. The van der Waals surface area contributed by atoms with Crippen molar-refractivity contribution in [3.8, 4) is 11.1 Å². The first kappa shape index (κ1) is 26.6. The summed E-state index contributed by atoms with van der Waals surface area (Å²) in [6, 6.07) is 0.696. The standard InChI is InChI=1S/C20H18F6N4OS.C2H2O/c1-19(6-16(28-31-19)30-8-15(29-32-2)20(25,26)9-30)18-12(3-11(22)7-27-18)17-13(23)4-10(21)5-14(17)24;1-2-3/h3-5,7,15,29H,6,8-9H2,1-2H3;1H2/t15-,19?;/m1./s1. The quantitative estimate of drug-likeness (QED) is 0.367. The monoisotopic (exact) mass is 518 g/mol. The van der Waals surface area contributed by atoms with E-state index < -0.39 is 52.9 Å². The number of alkyl halides is 2. The van der Waals surface area contributed by atoms with Crippen LogP contribution in [0.1, 0.15) is 19.0 Å². The molecule has 2 aromatic rings. The molecule has 0 amide bonds. The molecule has 1 fully saturated rings. The summed E-state index contributed by atoms with van der Waals surface area (Å²) in [5, 5.41) is 3.92. The molecule has 2 atom stereocenters. The Labute approximate surface area is 201 Å². The second-order valence-corrected chi connectivity index (χ2v) is 8.60. The predicted molar refractivity (Wildman–Crippen MR) is 118 cm³/mol. The summed E-state index contributed by atoms with van der Waals surface area (Å²) in [7, 11) is 0. The van der Waals surface area contributed by atoms with Gasteiger partial charge in [-0.15, -0.1) is 0 Å². The van der Waals surface area contributed by atoms with Crippen molar-refractivity contribution in [2.75, 3.05) is 19.3 Å². The van der Waals surface area contributed by atoms with Crippen LogP contribution in [0.3, 0.4) is 0 Å². The second-order valence-electron chi connectivity index (χ2n) is 7.96. The third kappa shape index (κ3) is 5.47. The summed E-state index contributed by atoms with van der Waals surface area (Å²) < 4.78 is 87.4. The van der Waals surface area contributed by atoms with Crippen molar-refractivity contribution in [3.05, 3.63) is 59.9 Å². The lowest BCUT2D eigenvalue weighted by Gasteiger charge is -2.25. The zero-order valence-electron chi connectivity index (χ0n) is 18.5. The highest BCUT2D eigenvalue weighted by atomic mass is 32.2. The van der Waals surface area contributed by atoms with Crippen LogP contribution in [0.25, 0.3) is 11.1 Å². The number of hydrogen-bond donors (Lipinski definition) is 1. The fourth-order valence-corrected chi connectivity index (χ4v) is 4.44. The zero-order chi connectivity index (χ0) is 26.0. The van der Waals surface area contributed by atoms with Gasteiger partial charge in [-0.25, -0.2) is 31.1 Å². The van der Waals surface area contributed by atoms with Gasteiger partial charge < -0.3 is 9.74 Å². The highest BCUT2D eigenvalue weighted by Gasteiger charge is 2.51. The molecular weight excluding hydrogens is 498 g/mol. The number of benzene rings is 1. The van der Waals surface area contributed by atoms with Crippen molar-refractivity contribution in [1.29, 1.82) is 0 Å². The lowest BCUT2D eigenvalue weighted by Crippen LogP contribution is -2.40. The highest BCUT2D eigenvalue weighted by Crippen LogP contribution is 2.42. The van der Waals surface area contributed by atoms with Gasteiger partial charge in [0, 0.05) is 24.2 Å². The first-order chi connectivity index (χ1) is 16.5. The van der Waals surface area contributed by atoms with Crippen molar-refractivity contribution in [1.82, 2.24) is 14.6 Å². The Morgan fingerprint density at radius 3 is 2.43 bits per heavy atom. The van der Waals surface area contributed by atoms with Gasteiger partial charge in [-0.1, -0.05) is 17.1 Å². The summed E-state index contributed by atoms with van der Waals surface area (Å²) >= 11 is 1.08. The fraction of sp³-hybridized carbons (Fsp3) is 0.364. The van der Waals surface area contributed by atoms with Crippen LogP contribution in [-0.2, 0) is 15.2 Å². The molecule has 6 nitrogen and oxygen atoms in total. The number of nitrogens with one attached hydrogen (secondary N) is 1. The van der Waals surface area contributed by atoms with E-state index in [0.717, 1.165) is 24.2 Å². The Morgan fingerprint density at radius 2 is 1.83 bits per heavy atom. The third-order valence-electron chi connectivity index (χ3n) is 5.42. The smallest absolute Gasteiger partial charge is 0.282 e. The summed E-state index contributed by atoms with van der Waals surface area (Å²) in [6.45, 7) is 3.56. The number of pyridine rings is 1. The van der Waals surface area contributed by atoms with E-state index in [-0.39, 0.29) is 30.1 Å². The van der Waals surface area contributed by atoms with Gasteiger partial charge in [0.25, 0.3) is 5.92 Å². The first-order valence-corrected chi connectivity index (χ1v) is 11.3. The van der Waals surface area contributed by atoms with Crippen molar-refractivity contribution in [3.63, 3.8) is 0 Å². The fourth-order valence-electron chi connectivity index (χ4n) is 3.91. The molecule has 0 radical (unpaired) electrons. The number of rotatable bonds is 4. The molecule has 0 saturated carbocycles. The molecule has 13 heteroatoms. The van der Waals surface area contributed by atoms with Gasteiger partial charge in [-0.05, 0) is 25.8 Å². The van der Waals surface area contributed by atoms with E-state index in [4.69, 9.17) is 9.63 Å². The van der Waals surface area contributed by atoms with Crippen molar-refractivity contribution in [2.24, 2.45) is 5.16 Å². The minimum absolute atomic E-state index is 0.0307. The van der Waals surface area contributed by atoms with E-state index >= 15 is 0 Å². The van der Waals surface area contributed by atoms with E-state index in [1.165, 1.54) is 17.8 Å². The molecule has 3 heterocycles. The topological polar surface area (TPSA) is 66.8 Å². The molecule has 1 saturated heterocycles. The molecule has 1 unspecified atom stereocenters. The van der Waals surface area contributed by atoms with Crippen LogP contribution in [0, 0.1) is 23.3 Å². The molecular formula is C22H20F6N4O2S. The minimum atomic E-state index is -3.01. The van der Waals surface area contributed by atoms with Gasteiger partial charge in [0.1, 0.15) is 41.1 Å². The summed E-state index contributed by atoms with van der Waals surface area (Å²) in [6.07, 6.45) is 2.43. The number of nitrogens with zero attached hydrogens (tertiary/aromatic N) is 3. The molecule has 0 spiro atoms. The largest absolute Gasteiger partial charge is 0.381 e. The summed E-state index contributed by atoms with van der Waals surface area (Å²) in [5.74, 6) is -6.06. The number of halogens is 6. The maximum Gasteiger partial charge on any atom is 0.282 e. The second kappa shape index (κ2) is 10.3. The number of hydrogen-bond acceptors (Lipinski definition) is 7. The van der Waals surface area contributed by atoms with Gasteiger partial charge in [0.15, 0.2) is 5.60 Å². The molecule has 35 heavy (non-hydrogen) atoms. The SMILES string of the molecule is C=C=O.CSN[C@@H]1CN(C2=NOC(C)(c3ncc(F)cc3-c3c(F)cc(F)cc3F)C2)CC1(F)F. The van der Waals surface area contributed by atoms with Crippen molar-refractivity contribution < 1.29 is 36.0 Å². The maximum atomic E-state index is 14.4. The number of amidine groups is 1. The van der Waals surface area contributed by atoms with Crippen LogP contribution in [-0.4, -0.2) is 53.0 Å². The molecule has 2 aliphatic heterocycles. The molecule has 1 aromatic carbocycles. The minimum Gasteiger partial charge on any atom is -0.381 e. The third-order valence-corrected chi connectivity index (χ3v) is 5.94. The average Bonchev–Trinajstić information content (AvgIpc) is 3.29. The predicted octanol–water partition coefficient (Wildman–Crippen LogP) is 4.45. The molecule has 1 N–H and O–H groups in total. The van der Waals surface area contributed by atoms with Gasteiger partial charge in [-0.3, -0.25) is 9.71 Å². The van der Waals surface area contributed by atoms with Crippen LogP contribution in [0.5, 0.6) is 0 Å². The van der Waals surface area contributed by atoms with E-state index in [1.807, 2.05) is 0 Å². The molecule has 0 aliphatic carbocycles. The maximum absolute atomic E-state index is 14.4. The summed E-state index contributed by atoms with van der Waals surface area (Å²) in [5.41, 5.74) is -2.45. The van der Waals surface area contributed by atoms with Crippen LogP contribution < -0.4 is 4.72 Å².